The zero-order valence-corrected chi connectivity index (χ0v) is 16.8. The van der Waals surface area contributed by atoms with E-state index >= 15 is 0 Å². The van der Waals surface area contributed by atoms with Crippen molar-refractivity contribution in [2.75, 3.05) is 12.5 Å². The van der Waals surface area contributed by atoms with Crippen LogP contribution in [0.15, 0.2) is 47.5 Å². The molecule has 0 bridgehead atoms. The molecule has 0 unspecified atom stereocenters. The van der Waals surface area contributed by atoms with Crippen LogP contribution in [-0.4, -0.2) is 34.1 Å². The van der Waals surface area contributed by atoms with Crippen LogP contribution in [0.2, 0.25) is 0 Å². The number of fused-ring (bicyclic) bond motifs is 1. The highest BCUT2D eigenvalue weighted by molar-refractivity contribution is 7.73. The number of benzene rings is 2. The van der Waals surface area contributed by atoms with Gasteiger partial charge in [-0.05, 0) is 54.7 Å². The summed E-state index contributed by atoms with van der Waals surface area (Å²) >= 11 is 6.43. The molecule has 1 aromatic heterocycles. The second-order valence-electron chi connectivity index (χ2n) is 6.12. The molecule has 0 fully saturated rings. The normalized spacial score (nSPS) is 13.5. The second kappa shape index (κ2) is 7.53. The molecule has 2 heterocycles. The number of methoxy groups -OCH3 is 1. The first kappa shape index (κ1) is 18.9. The number of rotatable bonds is 4. The summed E-state index contributed by atoms with van der Waals surface area (Å²) in [7, 11) is 1.59. The minimum absolute atomic E-state index is 0.0316. The number of allylic oxidation sites excluding steroid dienone is 1. The summed E-state index contributed by atoms with van der Waals surface area (Å²) < 4.78 is 6.67. The summed E-state index contributed by atoms with van der Waals surface area (Å²) in [4.78, 5) is 17.2. The number of phenols is 1. The van der Waals surface area contributed by atoms with Crippen LogP contribution in [0.25, 0.3) is 11.6 Å². The summed E-state index contributed by atoms with van der Waals surface area (Å²) in [5.74, 6) is -0.0312. The van der Waals surface area contributed by atoms with Gasteiger partial charge in [-0.1, -0.05) is 17.4 Å². The third-order valence-corrected chi connectivity index (χ3v) is 5.59. The van der Waals surface area contributed by atoms with Crippen molar-refractivity contribution in [1.29, 1.82) is 0 Å². The Morgan fingerprint density at radius 1 is 1.28 bits per heavy atom. The SMILES string of the molecule is COc1ccc2c(c1)/C(=C\c1sc(=S)n(NC(=O)c3cccc(O)c3)c1O)C=N2. The van der Waals surface area contributed by atoms with Gasteiger partial charge in [0.2, 0.25) is 5.88 Å². The molecule has 1 amide bonds. The molecule has 0 radical (unpaired) electrons. The van der Waals surface area contributed by atoms with Crippen molar-refractivity contribution >= 4 is 53.0 Å². The average Bonchev–Trinajstić information content (AvgIpc) is 3.23. The molecule has 146 valence electrons. The average molecular weight is 425 g/mol. The van der Waals surface area contributed by atoms with E-state index in [9.17, 15) is 15.0 Å². The standard InChI is InChI=1S/C20H15N3O4S2/c1-27-14-5-6-16-15(9-14)12(10-21-16)8-17-19(26)23(20(28)29-17)22-18(25)11-3-2-4-13(24)7-11/h2-10,24,26H,1H3,(H,22,25)/b12-8-. The lowest BCUT2D eigenvalue weighted by Crippen LogP contribution is -2.22. The molecule has 3 N–H and O–H groups in total. The Morgan fingerprint density at radius 3 is 2.86 bits per heavy atom. The smallest absolute Gasteiger partial charge is 0.270 e. The highest BCUT2D eigenvalue weighted by Gasteiger charge is 2.18. The first-order chi connectivity index (χ1) is 14.0. The van der Waals surface area contributed by atoms with Crippen molar-refractivity contribution in [3.05, 3.63) is 62.4 Å². The highest BCUT2D eigenvalue weighted by Crippen LogP contribution is 2.37. The van der Waals surface area contributed by atoms with E-state index in [0.29, 0.717) is 10.6 Å². The molecular weight excluding hydrogens is 410 g/mol. The quantitative estimate of drug-likeness (QED) is 0.541. The van der Waals surface area contributed by atoms with Gasteiger partial charge < -0.3 is 14.9 Å². The fourth-order valence-corrected chi connectivity index (χ4v) is 4.02. The summed E-state index contributed by atoms with van der Waals surface area (Å²) in [5, 5.41) is 20.1. The van der Waals surface area contributed by atoms with Crippen molar-refractivity contribution in [3.63, 3.8) is 0 Å². The van der Waals surface area contributed by atoms with Crippen LogP contribution >= 0.6 is 23.6 Å². The number of carbonyl (C=O) groups excluding carboxylic acids is 1. The van der Waals surface area contributed by atoms with Gasteiger partial charge in [-0.2, -0.15) is 4.68 Å². The molecular formula is C20H15N3O4S2. The molecule has 3 aromatic rings. The molecule has 1 aliphatic heterocycles. The Bertz CT molecular complexity index is 1240. The lowest BCUT2D eigenvalue weighted by atomic mass is 10.1. The van der Waals surface area contributed by atoms with Crippen LogP contribution in [0, 0.1) is 3.95 Å². The van der Waals surface area contributed by atoms with E-state index in [4.69, 9.17) is 17.0 Å². The number of phenolic OH excluding ortho intramolecular Hbond substituents is 1. The van der Waals surface area contributed by atoms with E-state index in [1.54, 1.807) is 31.5 Å². The Balaban J connectivity index is 1.66. The van der Waals surface area contributed by atoms with Gasteiger partial charge in [0.15, 0.2) is 3.95 Å². The molecule has 4 rings (SSSR count). The molecule has 2 aromatic carbocycles. The molecule has 29 heavy (non-hydrogen) atoms. The van der Waals surface area contributed by atoms with Crippen molar-refractivity contribution < 1.29 is 19.7 Å². The number of aromatic nitrogens is 1. The maximum absolute atomic E-state index is 12.4. The maximum Gasteiger partial charge on any atom is 0.270 e. The molecule has 0 saturated heterocycles. The zero-order chi connectivity index (χ0) is 20.5. The third kappa shape index (κ3) is 3.65. The van der Waals surface area contributed by atoms with Gasteiger partial charge in [-0.3, -0.25) is 15.2 Å². The predicted octanol–water partition coefficient (Wildman–Crippen LogP) is 4.34. The van der Waals surface area contributed by atoms with Crippen molar-refractivity contribution in [1.82, 2.24) is 4.68 Å². The summed E-state index contributed by atoms with van der Waals surface area (Å²) in [5.41, 5.74) is 5.25. The largest absolute Gasteiger partial charge is 0.508 e. The molecule has 9 heteroatoms. The zero-order valence-electron chi connectivity index (χ0n) is 15.1. The van der Waals surface area contributed by atoms with Crippen molar-refractivity contribution in [3.8, 4) is 17.4 Å². The van der Waals surface area contributed by atoms with Crippen LogP contribution in [-0.2, 0) is 0 Å². The topological polar surface area (TPSA) is 96.1 Å². The van der Waals surface area contributed by atoms with Gasteiger partial charge in [0.25, 0.3) is 5.91 Å². The van der Waals surface area contributed by atoms with Crippen LogP contribution < -0.4 is 10.2 Å². The fourth-order valence-electron chi connectivity index (χ4n) is 2.84. The van der Waals surface area contributed by atoms with Gasteiger partial charge in [-0.15, -0.1) is 0 Å². The van der Waals surface area contributed by atoms with Crippen molar-refractivity contribution in [2.24, 2.45) is 4.99 Å². The van der Waals surface area contributed by atoms with E-state index in [2.05, 4.69) is 10.4 Å². The third-order valence-electron chi connectivity index (χ3n) is 4.28. The number of nitrogens with one attached hydrogen (secondary N) is 1. The molecule has 0 aliphatic carbocycles. The molecule has 0 saturated carbocycles. The Kier molecular flexibility index (Phi) is 4.91. The number of amides is 1. The first-order valence-electron chi connectivity index (χ1n) is 8.45. The van der Waals surface area contributed by atoms with Crippen LogP contribution in [0.4, 0.5) is 5.69 Å². The molecule has 0 spiro atoms. The van der Waals surface area contributed by atoms with E-state index in [1.165, 1.54) is 12.1 Å². The van der Waals surface area contributed by atoms with E-state index in [1.807, 2.05) is 18.2 Å². The van der Waals surface area contributed by atoms with Crippen LogP contribution in [0.5, 0.6) is 17.4 Å². The lowest BCUT2D eigenvalue weighted by molar-refractivity contribution is 0.100. The number of nitrogens with zero attached hydrogens (tertiary/aromatic N) is 2. The minimum atomic E-state index is -0.512. The number of carbonyl (C=O) groups is 1. The summed E-state index contributed by atoms with van der Waals surface area (Å²) in [6.07, 6.45) is 3.45. The van der Waals surface area contributed by atoms with Gasteiger partial charge in [-0.25, -0.2) is 0 Å². The number of hydrogen-bond acceptors (Lipinski definition) is 7. The Labute approximate surface area is 174 Å². The number of aromatic hydroxyl groups is 2. The van der Waals surface area contributed by atoms with E-state index in [-0.39, 0.29) is 21.1 Å². The minimum Gasteiger partial charge on any atom is -0.508 e. The van der Waals surface area contributed by atoms with Gasteiger partial charge in [0.1, 0.15) is 11.5 Å². The summed E-state index contributed by atoms with van der Waals surface area (Å²) in [6, 6.07) is 11.4. The van der Waals surface area contributed by atoms with Crippen LogP contribution in [0.1, 0.15) is 20.8 Å². The predicted molar refractivity (Wildman–Crippen MR) is 116 cm³/mol. The lowest BCUT2D eigenvalue weighted by Gasteiger charge is -2.07. The number of ether oxygens (including phenoxy) is 1. The van der Waals surface area contributed by atoms with Crippen molar-refractivity contribution in [2.45, 2.75) is 0 Å². The Hall–Kier alpha value is -3.43. The summed E-state index contributed by atoms with van der Waals surface area (Å²) in [6.45, 7) is 0. The van der Waals surface area contributed by atoms with E-state index in [0.717, 1.165) is 32.8 Å². The molecule has 1 aliphatic rings. The monoisotopic (exact) mass is 425 g/mol. The first-order valence-corrected chi connectivity index (χ1v) is 9.68. The van der Waals surface area contributed by atoms with Gasteiger partial charge in [0.05, 0.1) is 17.7 Å². The number of aliphatic imine (C=N–C) groups is 1. The maximum atomic E-state index is 12.4. The van der Waals surface area contributed by atoms with E-state index < -0.39 is 5.91 Å². The number of thiazole rings is 1. The number of hydrogen-bond donors (Lipinski definition) is 3. The van der Waals surface area contributed by atoms with Gasteiger partial charge in [0, 0.05) is 22.9 Å². The van der Waals surface area contributed by atoms with Crippen LogP contribution in [0.3, 0.4) is 0 Å². The molecule has 7 nitrogen and oxygen atoms in total. The fraction of sp³-hybridized carbons (Fsp3) is 0.0500. The molecule has 0 atom stereocenters. The van der Waals surface area contributed by atoms with Gasteiger partial charge >= 0.3 is 0 Å². The second-order valence-corrected chi connectivity index (χ2v) is 7.80. The highest BCUT2D eigenvalue weighted by atomic mass is 32.1. The Morgan fingerprint density at radius 2 is 2.10 bits per heavy atom.